The number of benzene rings is 2. The topological polar surface area (TPSA) is 108 Å². The second kappa shape index (κ2) is 6.21. The molecule has 2 N–H and O–H groups in total. The number of rotatable bonds is 3. The normalized spacial score (nSPS) is 11.4. The molecule has 7 nitrogen and oxygen atoms in total. The Labute approximate surface area is 147 Å². The Bertz CT molecular complexity index is 1180. The highest BCUT2D eigenvalue weighted by Crippen LogP contribution is 2.38. The van der Waals surface area contributed by atoms with E-state index in [9.17, 15) is 15.0 Å². The molecule has 4 rings (SSSR count). The van der Waals surface area contributed by atoms with Crippen molar-refractivity contribution in [3.05, 3.63) is 66.6 Å². The van der Waals surface area contributed by atoms with Crippen LogP contribution in [0.5, 0.6) is 5.75 Å². The van der Waals surface area contributed by atoms with Crippen LogP contribution in [0.3, 0.4) is 0 Å². The van der Waals surface area contributed by atoms with Crippen LogP contribution in [0.1, 0.15) is 10.5 Å². The summed E-state index contributed by atoms with van der Waals surface area (Å²) in [4.78, 5) is 19.7. The molecular formula is C19H12N4O3. The molecule has 0 amide bonds. The molecule has 0 aliphatic heterocycles. The Morgan fingerprint density at radius 2 is 1.81 bits per heavy atom. The molecule has 2 aromatic carbocycles. The van der Waals surface area contributed by atoms with Crippen LogP contribution in [0.4, 0.5) is 11.4 Å². The van der Waals surface area contributed by atoms with E-state index in [-0.39, 0.29) is 17.1 Å². The summed E-state index contributed by atoms with van der Waals surface area (Å²) >= 11 is 0. The molecule has 0 atom stereocenters. The van der Waals surface area contributed by atoms with Crippen molar-refractivity contribution in [2.45, 2.75) is 0 Å². The summed E-state index contributed by atoms with van der Waals surface area (Å²) in [5.74, 6) is -1.56. The number of carboxylic acids is 1. The summed E-state index contributed by atoms with van der Waals surface area (Å²) < 4.78 is 0. The van der Waals surface area contributed by atoms with Crippen molar-refractivity contribution in [3.63, 3.8) is 0 Å². The molecular weight excluding hydrogens is 332 g/mol. The number of aromatic nitrogens is 2. The first-order chi connectivity index (χ1) is 12.6. The molecule has 0 aliphatic rings. The molecule has 0 bridgehead atoms. The molecule has 0 aliphatic carbocycles. The van der Waals surface area contributed by atoms with E-state index in [4.69, 9.17) is 0 Å². The third kappa shape index (κ3) is 2.61. The van der Waals surface area contributed by atoms with Gasteiger partial charge in [0.2, 0.25) is 0 Å². The lowest BCUT2D eigenvalue weighted by Crippen LogP contribution is -2.01. The van der Waals surface area contributed by atoms with Gasteiger partial charge in [-0.1, -0.05) is 24.3 Å². The summed E-state index contributed by atoms with van der Waals surface area (Å²) in [7, 11) is 0. The highest BCUT2D eigenvalue weighted by atomic mass is 16.4. The van der Waals surface area contributed by atoms with E-state index in [1.165, 1.54) is 0 Å². The van der Waals surface area contributed by atoms with Crippen LogP contribution in [-0.2, 0) is 0 Å². The molecule has 7 heteroatoms. The summed E-state index contributed by atoms with van der Waals surface area (Å²) in [6, 6.07) is 14.0. The third-order valence-corrected chi connectivity index (χ3v) is 3.96. The number of nitrogens with zero attached hydrogens (tertiary/aromatic N) is 4. The first-order valence-corrected chi connectivity index (χ1v) is 7.74. The van der Waals surface area contributed by atoms with Crippen molar-refractivity contribution >= 4 is 39.0 Å². The highest BCUT2D eigenvalue weighted by Gasteiger charge is 2.19. The second-order valence-corrected chi connectivity index (χ2v) is 5.55. The lowest BCUT2D eigenvalue weighted by Gasteiger charge is -2.07. The number of fused-ring (bicyclic) bond motifs is 2. The zero-order valence-corrected chi connectivity index (χ0v) is 13.4. The number of hydrogen-bond donors (Lipinski definition) is 2. The molecule has 0 spiro atoms. The standard InChI is InChI=1S/C19H12N4O3/c24-18-12-5-1-2-6-14(12)21-17(19(25)26)16(18)23-22-15-7-3-4-11-8-9-20-10-13(11)15/h1-10H,(H,21,24)(H,25,26)/b23-22+. The monoisotopic (exact) mass is 344 g/mol. The van der Waals surface area contributed by atoms with E-state index < -0.39 is 5.97 Å². The molecule has 0 fully saturated rings. The second-order valence-electron chi connectivity index (χ2n) is 5.55. The minimum atomic E-state index is -1.29. The van der Waals surface area contributed by atoms with E-state index in [0.29, 0.717) is 16.6 Å². The molecule has 4 aromatic rings. The number of pyridine rings is 2. The van der Waals surface area contributed by atoms with Gasteiger partial charge in [0.25, 0.3) is 0 Å². The lowest BCUT2D eigenvalue weighted by atomic mass is 10.1. The minimum Gasteiger partial charge on any atom is -0.505 e. The van der Waals surface area contributed by atoms with Crippen molar-refractivity contribution in [2.75, 3.05) is 0 Å². The zero-order valence-electron chi connectivity index (χ0n) is 13.4. The summed E-state index contributed by atoms with van der Waals surface area (Å²) in [6.45, 7) is 0. The van der Waals surface area contributed by atoms with Gasteiger partial charge >= 0.3 is 5.97 Å². The van der Waals surface area contributed by atoms with Crippen LogP contribution < -0.4 is 0 Å². The summed E-state index contributed by atoms with van der Waals surface area (Å²) in [5.41, 5.74) is 0.343. The van der Waals surface area contributed by atoms with Gasteiger partial charge in [0, 0.05) is 23.2 Å². The Kier molecular flexibility index (Phi) is 3.74. The van der Waals surface area contributed by atoms with Gasteiger partial charge in [-0.25, -0.2) is 9.78 Å². The fraction of sp³-hybridized carbons (Fsp3) is 0. The largest absolute Gasteiger partial charge is 0.505 e. The van der Waals surface area contributed by atoms with E-state index in [2.05, 4.69) is 20.2 Å². The smallest absolute Gasteiger partial charge is 0.357 e. The van der Waals surface area contributed by atoms with Crippen LogP contribution in [-0.4, -0.2) is 26.2 Å². The molecule has 0 unspecified atom stereocenters. The number of hydrogen-bond acceptors (Lipinski definition) is 6. The number of aromatic carboxylic acids is 1. The maximum absolute atomic E-state index is 11.6. The van der Waals surface area contributed by atoms with Crippen LogP contribution in [0.25, 0.3) is 21.7 Å². The first kappa shape index (κ1) is 15.6. The number of carbonyl (C=O) groups is 1. The van der Waals surface area contributed by atoms with Gasteiger partial charge in [0.05, 0.1) is 11.2 Å². The maximum Gasteiger partial charge on any atom is 0.357 e. The molecule has 0 saturated heterocycles. The van der Waals surface area contributed by atoms with Gasteiger partial charge in [0.15, 0.2) is 17.1 Å². The Hall–Kier alpha value is -3.87. The van der Waals surface area contributed by atoms with Gasteiger partial charge in [0.1, 0.15) is 0 Å². The Balaban J connectivity index is 1.91. The number of aromatic hydroxyl groups is 1. The molecule has 26 heavy (non-hydrogen) atoms. The number of para-hydroxylation sites is 1. The molecule has 0 radical (unpaired) electrons. The van der Waals surface area contributed by atoms with Crippen molar-refractivity contribution in [2.24, 2.45) is 10.2 Å². The van der Waals surface area contributed by atoms with Crippen LogP contribution in [0, 0.1) is 0 Å². The van der Waals surface area contributed by atoms with E-state index in [1.54, 1.807) is 42.7 Å². The van der Waals surface area contributed by atoms with Gasteiger partial charge in [-0.2, -0.15) is 0 Å². The van der Waals surface area contributed by atoms with Crippen LogP contribution >= 0.6 is 0 Å². The van der Waals surface area contributed by atoms with Crippen molar-refractivity contribution < 1.29 is 15.0 Å². The van der Waals surface area contributed by atoms with Gasteiger partial charge in [-0.3, -0.25) is 4.98 Å². The van der Waals surface area contributed by atoms with E-state index >= 15 is 0 Å². The van der Waals surface area contributed by atoms with Crippen molar-refractivity contribution in [1.29, 1.82) is 0 Å². The molecule has 2 aromatic heterocycles. The maximum atomic E-state index is 11.6. The van der Waals surface area contributed by atoms with Crippen LogP contribution in [0.2, 0.25) is 0 Å². The number of carboxylic acid groups (broad SMARTS) is 1. The summed E-state index contributed by atoms with van der Waals surface area (Å²) in [6.07, 6.45) is 3.32. The Morgan fingerprint density at radius 3 is 2.65 bits per heavy atom. The van der Waals surface area contributed by atoms with Gasteiger partial charge in [-0.15, -0.1) is 10.2 Å². The fourth-order valence-electron chi connectivity index (χ4n) is 2.72. The third-order valence-electron chi connectivity index (χ3n) is 3.96. The van der Waals surface area contributed by atoms with Gasteiger partial charge < -0.3 is 10.2 Å². The predicted molar refractivity (Wildman–Crippen MR) is 96.3 cm³/mol. The summed E-state index contributed by atoms with van der Waals surface area (Å²) in [5, 5.41) is 30.2. The SMILES string of the molecule is O=C(O)c1nc2ccccc2c(O)c1/N=N/c1cccc2ccncc12. The molecule has 0 saturated carbocycles. The molecule has 126 valence electrons. The highest BCUT2D eigenvalue weighted by molar-refractivity contribution is 6.00. The van der Waals surface area contributed by atoms with E-state index in [1.807, 2.05) is 18.2 Å². The van der Waals surface area contributed by atoms with Crippen molar-refractivity contribution in [1.82, 2.24) is 9.97 Å². The fourth-order valence-corrected chi connectivity index (χ4v) is 2.72. The average molecular weight is 344 g/mol. The van der Waals surface area contributed by atoms with E-state index in [0.717, 1.165) is 10.8 Å². The average Bonchev–Trinajstić information content (AvgIpc) is 2.67. The Morgan fingerprint density at radius 1 is 0.962 bits per heavy atom. The zero-order chi connectivity index (χ0) is 18.1. The predicted octanol–water partition coefficient (Wildman–Crippen LogP) is 4.60. The minimum absolute atomic E-state index is 0.183. The first-order valence-electron chi connectivity index (χ1n) is 7.74. The van der Waals surface area contributed by atoms with Gasteiger partial charge in [-0.05, 0) is 29.7 Å². The number of azo groups is 1. The van der Waals surface area contributed by atoms with Crippen LogP contribution in [0.15, 0.2) is 71.2 Å². The quantitative estimate of drug-likeness (QED) is 0.528. The lowest BCUT2D eigenvalue weighted by molar-refractivity contribution is 0.0691. The molecule has 2 heterocycles. The van der Waals surface area contributed by atoms with Crippen molar-refractivity contribution in [3.8, 4) is 5.75 Å².